The molecule has 2 aliphatic rings. The van der Waals surface area contributed by atoms with E-state index in [4.69, 9.17) is 0 Å². The van der Waals surface area contributed by atoms with E-state index in [2.05, 4.69) is 34.0 Å². The Balaban J connectivity index is 1.82. The van der Waals surface area contributed by atoms with Crippen LogP contribution in [0.15, 0.2) is 4.99 Å². The van der Waals surface area contributed by atoms with Crippen LogP contribution in [0.25, 0.3) is 0 Å². The number of hydrogen-bond acceptors (Lipinski definition) is 4. The molecule has 1 N–H and O–H groups in total. The maximum atomic E-state index is 4.43. The van der Waals surface area contributed by atoms with Gasteiger partial charge in [-0.1, -0.05) is 0 Å². The second kappa shape index (κ2) is 4.22. The van der Waals surface area contributed by atoms with Crippen LogP contribution < -0.4 is 5.32 Å². The van der Waals surface area contributed by atoms with E-state index in [1.165, 1.54) is 24.3 Å². The highest BCUT2D eigenvalue weighted by Crippen LogP contribution is 2.17. The minimum atomic E-state index is 0.651. The van der Waals surface area contributed by atoms with Gasteiger partial charge in [0.05, 0.1) is 6.54 Å². The summed E-state index contributed by atoms with van der Waals surface area (Å²) in [5.41, 5.74) is 0. The maximum absolute atomic E-state index is 4.43. The Morgan fingerprint density at radius 1 is 1.62 bits per heavy atom. The molecule has 0 amide bonds. The molecule has 1 fully saturated rings. The Labute approximate surface area is 84.0 Å². The van der Waals surface area contributed by atoms with Crippen LogP contribution in [0.4, 0.5) is 0 Å². The van der Waals surface area contributed by atoms with Crippen molar-refractivity contribution >= 4 is 17.7 Å². The summed E-state index contributed by atoms with van der Waals surface area (Å²) in [7, 11) is 2.11. The van der Waals surface area contributed by atoms with Crippen LogP contribution in [0, 0.1) is 0 Å². The van der Waals surface area contributed by atoms with Crippen molar-refractivity contribution in [1.82, 2.24) is 10.2 Å². The number of nitrogens with zero attached hydrogens (tertiary/aromatic N) is 2. The number of aliphatic imine (C=N–C) groups is 1. The van der Waals surface area contributed by atoms with Crippen molar-refractivity contribution in [2.24, 2.45) is 4.99 Å². The van der Waals surface area contributed by atoms with Crippen molar-refractivity contribution in [3.63, 3.8) is 0 Å². The Hall–Kier alpha value is -0.380. The Bertz CT molecular complexity index is 199. The summed E-state index contributed by atoms with van der Waals surface area (Å²) in [6, 6.07) is 0.651. The van der Waals surface area contributed by atoms with E-state index >= 15 is 0 Å². The highest BCUT2D eigenvalue weighted by molar-refractivity contribution is 7.99. The highest BCUT2D eigenvalue weighted by atomic mass is 32.2. The normalized spacial score (nSPS) is 28.8. The summed E-state index contributed by atoms with van der Waals surface area (Å²) in [4.78, 5) is 6.64. The molecule has 3 nitrogen and oxygen atoms in total. The largest absolute Gasteiger partial charge is 0.353 e. The van der Waals surface area contributed by atoms with Gasteiger partial charge < -0.3 is 10.2 Å². The summed E-state index contributed by atoms with van der Waals surface area (Å²) in [6.07, 6.45) is 2.65. The molecule has 0 spiro atoms. The third kappa shape index (κ3) is 2.30. The number of nitrogens with one attached hydrogen (secondary N) is 1. The van der Waals surface area contributed by atoms with Crippen LogP contribution >= 0.6 is 11.8 Å². The first-order valence-corrected chi connectivity index (χ1v) is 6.11. The van der Waals surface area contributed by atoms with Gasteiger partial charge in [-0.05, 0) is 18.6 Å². The second-order valence-electron chi connectivity index (χ2n) is 3.69. The Morgan fingerprint density at radius 2 is 2.54 bits per heavy atom. The first-order chi connectivity index (χ1) is 6.36. The monoisotopic (exact) mass is 199 g/mol. The van der Waals surface area contributed by atoms with E-state index in [-0.39, 0.29) is 0 Å². The fraction of sp³-hybridized carbons (Fsp3) is 0.889. The van der Waals surface area contributed by atoms with Crippen LogP contribution in [0.5, 0.6) is 0 Å². The van der Waals surface area contributed by atoms with Crippen LogP contribution in [0.3, 0.4) is 0 Å². The highest BCUT2D eigenvalue weighted by Gasteiger charge is 2.18. The van der Waals surface area contributed by atoms with Crippen molar-refractivity contribution in [3.8, 4) is 0 Å². The van der Waals surface area contributed by atoms with Gasteiger partial charge in [0.2, 0.25) is 0 Å². The Morgan fingerprint density at radius 3 is 3.15 bits per heavy atom. The van der Waals surface area contributed by atoms with Crippen LogP contribution in [0.1, 0.15) is 12.8 Å². The van der Waals surface area contributed by atoms with E-state index in [1.807, 2.05) is 0 Å². The number of guanidine groups is 1. The van der Waals surface area contributed by atoms with Gasteiger partial charge in [-0.25, -0.2) is 0 Å². The van der Waals surface area contributed by atoms with Gasteiger partial charge in [0.25, 0.3) is 0 Å². The van der Waals surface area contributed by atoms with Crippen LogP contribution in [-0.4, -0.2) is 48.5 Å². The summed E-state index contributed by atoms with van der Waals surface area (Å²) in [5.74, 6) is 3.68. The van der Waals surface area contributed by atoms with Gasteiger partial charge in [0.1, 0.15) is 0 Å². The van der Waals surface area contributed by atoms with Crippen molar-refractivity contribution in [1.29, 1.82) is 0 Å². The van der Waals surface area contributed by atoms with Crippen LogP contribution in [0.2, 0.25) is 0 Å². The molecule has 2 rings (SSSR count). The van der Waals surface area contributed by atoms with Crippen molar-refractivity contribution < 1.29 is 0 Å². The van der Waals surface area contributed by atoms with Gasteiger partial charge in [0, 0.05) is 25.4 Å². The zero-order valence-electron chi connectivity index (χ0n) is 8.12. The van der Waals surface area contributed by atoms with Crippen molar-refractivity contribution in [2.45, 2.75) is 18.9 Å². The molecule has 0 aliphatic carbocycles. The number of thioether (sulfide) groups is 1. The molecular formula is C9H17N3S. The number of likely N-dealkylation sites (N-methyl/N-ethyl adjacent to an activating group) is 1. The number of hydrogen-bond donors (Lipinski definition) is 1. The zero-order valence-corrected chi connectivity index (χ0v) is 8.94. The SMILES string of the molecule is CN1CCN=C1NC1CCCSC1. The summed E-state index contributed by atoms with van der Waals surface area (Å²) in [5, 5.41) is 3.52. The molecular weight excluding hydrogens is 182 g/mol. The molecule has 2 heterocycles. The van der Waals surface area contributed by atoms with Gasteiger partial charge in [-0.3, -0.25) is 4.99 Å². The lowest BCUT2D eigenvalue weighted by atomic mass is 10.2. The minimum absolute atomic E-state index is 0.651. The lowest BCUT2D eigenvalue weighted by Crippen LogP contribution is -2.44. The third-order valence-electron chi connectivity index (χ3n) is 2.55. The van der Waals surface area contributed by atoms with Crippen molar-refractivity contribution in [3.05, 3.63) is 0 Å². The van der Waals surface area contributed by atoms with Gasteiger partial charge in [-0.2, -0.15) is 11.8 Å². The molecule has 0 saturated carbocycles. The standard InChI is InChI=1S/C9H17N3S/c1-12-5-4-10-9(12)11-8-3-2-6-13-7-8/h8H,2-7H2,1H3,(H,10,11). The van der Waals surface area contributed by atoms with E-state index < -0.39 is 0 Å². The lowest BCUT2D eigenvalue weighted by molar-refractivity contribution is 0.504. The predicted octanol–water partition coefficient (Wildman–Crippen LogP) is 0.773. The van der Waals surface area contributed by atoms with Gasteiger partial charge in [-0.15, -0.1) is 0 Å². The topological polar surface area (TPSA) is 27.6 Å². The zero-order chi connectivity index (χ0) is 9.10. The summed E-state index contributed by atoms with van der Waals surface area (Å²) in [6.45, 7) is 2.03. The fourth-order valence-electron chi connectivity index (χ4n) is 1.73. The Kier molecular flexibility index (Phi) is 2.98. The molecule has 0 aromatic carbocycles. The average Bonchev–Trinajstić information content (AvgIpc) is 2.54. The molecule has 0 aromatic heterocycles. The molecule has 74 valence electrons. The van der Waals surface area contributed by atoms with Gasteiger partial charge in [0.15, 0.2) is 5.96 Å². The predicted molar refractivity (Wildman–Crippen MR) is 58.4 cm³/mol. The molecule has 13 heavy (non-hydrogen) atoms. The minimum Gasteiger partial charge on any atom is -0.353 e. The molecule has 1 saturated heterocycles. The first kappa shape index (κ1) is 9.19. The molecule has 0 bridgehead atoms. The van der Waals surface area contributed by atoms with E-state index in [9.17, 15) is 0 Å². The second-order valence-corrected chi connectivity index (χ2v) is 4.84. The maximum Gasteiger partial charge on any atom is 0.194 e. The molecule has 2 aliphatic heterocycles. The molecule has 4 heteroatoms. The fourth-order valence-corrected chi connectivity index (χ4v) is 2.80. The summed E-state index contributed by atoms with van der Waals surface area (Å²) < 4.78 is 0. The molecule has 1 atom stereocenters. The number of rotatable bonds is 1. The van der Waals surface area contributed by atoms with Crippen molar-refractivity contribution in [2.75, 3.05) is 31.6 Å². The summed E-state index contributed by atoms with van der Waals surface area (Å²) >= 11 is 2.05. The van der Waals surface area contributed by atoms with Gasteiger partial charge >= 0.3 is 0 Å². The van der Waals surface area contributed by atoms with E-state index in [0.29, 0.717) is 6.04 Å². The van der Waals surface area contributed by atoms with E-state index in [1.54, 1.807) is 0 Å². The van der Waals surface area contributed by atoms with Crippen LogP contribution in [-0.2, 0) is 0 Å². The molecule has 1 unspecified atom stereocenters. The third-order valence-corrected chi connectivity index (χ3v) is 3.77. The molecule has 0 radical (unpaired) electrons. The first-order valence-electron chi connectivity index (χ1n) is 4.96. The lowest BCUT2D eigenvalue weighted by Gasteiger charge is -2.25. The molecule has 0 aromatic rings. The quantitative estimate of drug-likeness (QED) is 0.676. The average molecular weight is 199 g/mol. The smallest absolute Gasteiger partial charge is 0.194 e. The van der Waals surface area contributed by atoms with E-state index in [0.717, 1.165) is 19.0 Å².